The molecule has 0 aliphatic heterocycles. The number of methoxy groups -OCH3 is 1. The number of halogens is 1. The lowest BCUT2D eigenvalue weighted by Gasteiger charge is -2.24. The number of aryl methyl sites for hydroxylation is 1. The van der Waals surface area contributed by atoms with Gasteiger partial charge < -0.3 is 10.1 Å². The van der Waals surface area contributed by atoms with E-state index in [0.717, 1.165) is 6.42 Å². The van der Waals surface area contributed by atoms with Gasteiger partial charge in [0.2, 0.25) is 0 Å². The Balaban J connectivity index is 1.69. The van der Waals surface area contributed by atoms with Crippen LogP contribution in [-0.4, -0.2) is 7.11 Å². The second-order valence-corrected chi connectivity index (χ2v) is 6.08. The van der Waals surface area contributed by atoms with Gasteiger partial charge in [0.1, 0.15) is 11.6 Å². The van der Waals surface area contributed by atoms with Gasteiger partial charge in [0.05, 0.1) is 7.11 Å². The van der Waals surface area contributed by atoms with E-state index in [1.54, 1.807) is 19.2 Å². The van der Waals surface area contributed by atoms with Gasteiger partial charge in [-0.1, -0.05) is 6.07 Å². The van der Waals surface area contributed by atoms with Crippen LogP contribution in [0, 0.1) is 5.82 Å². The Hall–Kier alpha value is -1.39. The van der Waals surface area contributed by atoms with E-state index in [9.17, 15) is 4.39 Å². The summed E-state index contributed by atoms with van der Waals surface area (Å²) in [7, 11) is 1.55. The molecule has 4 heteroatoms. The summed E-state index contributed by atoms with van der Waals surface area (Å²) in [5, 5.41) is 5.64. The Morgan fingerprint density at radius 1 is 1.40 bits per heavy atom. The van der Waals surface area contributed by atoms with Gasteiger partial charge in [-0.05, 0) is 42.3 Å². The largest absolute Gasteiger partial charge is 0.497 e. The number of thiophene rings is 1. The van der Waals surface area contributed by atoms with Crippen molar-refractivity contribution in [2.45, 2.75) is 31.8 Å². The van der Waals surface area contributed by atoms with Gasteiger partial charge in [-0.3, -0.25) is 0 Å². The Labute approximate surface area is 122 Å². The van der Waals surface area contributed by atoms with Gasteiger partial charge >= 0.3 is 0 Å². The molecule has 0 spiro atoms. The standard InChI is InChI=1S/C16H18FNOS/c1-19-12-6-5-11(14(17)9-12)10-18-15-3-2-4-16-13(15)7-8-20-16/h5-9,15,18H,2-4,10H2,1H3. The third kappa shape index (κ3) is 2.72. The molecule has 2 aromatic rings. The summed E-state index contributed by atoms with van der Waals surface area (Å²) < 4.78 is 18.9. The molecule has 0 saturated carbocycles. The van der Waals surface area contributed by atoms with Crippen molar-refractivity contribution >= 4 is 11.3 Å². The lowest BCUT2D eigenvalue weighted by atomic mass is 9.94. The number of nitrogens with one attached hydrogen (secondary N) is 1. The van der Waals surface area contributed by atoms with Crippen LogP contribution in [0.15, 0.2) is 29.6 Å². The zero-order chi connectivity index (χ0) is 13.9. The van der Waals surface area contributed by atoms with Crippen molar-refractivity contribution in [1.29, 1.82) is 0 Å². The van der Waals surface area contributed by atoms with Crippen LogP contribution >= 0.6 is 11.3 Å². The molecule has 20 heavy (non-hydrogen) atoms. The quantitative estimate of drug-likeness (QED) is 0.917. The highest BCUT2D eigenvalue weighted by Crippen LogP contribution is 2.33. The molecule has 1 aliphatic carbocycles. The van der Waals surface area contributed by atoms with Crippen molar-refractivity contribution < 1.29 is 9.13 Å². The number of fused-ring (bicyclic) bond motifs is 1. The predicted molar refractivity (Wildman–Crippen MR) is 79.8 cm³/mol. The summed E-state index contributed by atoms with van der Waals surface area (Å²) in [5.41, 5.74) is 2.09. The van der Waals surface area contributed by atoms with Crippen LogP contribution in [0.25, 0.3) is 0 Å². The zero-order valence-corrected chi connectivity index (χ0v) is 12.3. The number of hydrogen-bond acceptors (Lipinski definition) is 3. The number of hydrogen-bond donors (Lipinski definition) is 1. The molecule has 0 amide bonds. The van der Waals surface area contributed by atoms with E-state index in [2.05, 4.69) is 16.8 Å². The fourth-order valence-corrected chi connectivity index (χ4v) is 3.72. The first-order valence-electron chi connectivity index (χ1n) is 6.90. The lowest BCUT2D eigenvalue weighted by Crippen LogP contribution is -2.24. The summed E-state index contributed by atoms with van der Waals surface area (Å²) in [5.74, 6) is 0.349. The SMILES string of the molecule is COc1ccc(CNC2CCCc3sccc32)c(F)c1. The predicted octanol–water partition coefficient (Wildman–Crippen LogP) is 4.06. The van der Waals surface area contributed by atoms with Crippen molar-refractivity contribution in [3.05, 3.63) is 51.5 Å². The van der Waals surface area contributed by atoms with E-state index >= 15 is 0 Å². The highest BCUT2D eigenvalue weighted by Gasteiger charge is 2.20. The molecule has 1 aromatic carbocycles. The second-order valence-electron chi connectivity index (χ2n) is 5.08. The first-order valence-corrected chi connectivity index (χ1v) is 7.78. The normalized spacial score (nSPS) is 17.8. The Kier molecular flexibility index (Phi) is 4.03. The average Bonchev–Trinajstić information content (AvgIpc) is 2.95. The highest BCUT2D eigenvalue weighted by atomic mass is 32.1. The summed E-state index contributed by atoms with van der Waals surface area (Å²) in [6.45, 7) is 0.551. The maximum Gasteiger partial charge on any atom is 0.131 e. The van der Waals surface area contributed by atoms with E-state index in [1.165, 1.54) is 29.3 Å². The van der Waals surface area contributed by atoms with Gasteiger partial charge in [0.25, 0.3) is 0 Å². The fourth-order valence-electron chi connectivity index (χ4n) is 2.73. The average molecular weight is 291 g/mol. The third-order valence-electron chi connectivity index (χ3n) is 3.85. The smallest absolute Gasteiger partial charge is 0.131 e. The zero-order valence-electron chi connectivity index (χ0n) is 11.5. The van der Waals surface area contributed by atoms with Crippen LogP contribution in [0.4, 0.5) is 4.39 Å². The van der Waals surface area contributed by atoms with E-state index in [1.807, 2.05) is 11.3 Å². The molecule has 1 atom stereocenters. The van der Waals surface area contributed by atoms with Gasteiger partial charge in [-0.25, -0.2) is 4.39 Å². The fraction of sp³-hybridized carbons (Fsp3) is 0.375. The van der Waals surface area contributed by atoms with E-state index in [-0.39, 0.29) is 5.82 Å². The van der Waals surface area contributed by atoms with Crippen molar-refractivity contribution in [2.75, 3.05) is 7.11 Å². The molecule has 106 valence electrons. The monoisotopic (exact) mass is 291 g/mol. The van der Waals surface area contributed by atoms with Crippen molar-refractivity contribution in [2.24, 2.45) is 0 Å². The minimum atomic E-state index is -0.210. The van der Waals surface area contributed by atoms with Crippen molar-refractivity contribution in [3.63, 3.8) is 0 Å². The van der Waals surface area contributed by atoms with Crippen molar-refractivity contribution in [1.82, 2.24) is 5.32 Å². The van der Waals surface area contributed by atoms with Gasteiger partial charge in [-0.15, -0.1) is 11.3 Å². The molecule has 0 radical (unpaired) electrons. The second kappa shape index (κ2) is 5.94. The van der Waals surface area contributed by atoms with Crippen LogP contribution in [0.5, 0.6) is 5.75 Å². The Morgan fingerprint density at radius 2 is 2.30 bits per heavy atom. The Bertz CT molecular complexity index is 596. The number of benzene rings is 1. The topological polar surface area (TPSA) is 21.3 Å². The number of rotatable bonds is 4. The van der Waals surface area contributed by atoms with E-state index in [0.29, 0.717) is 23.9 Å². The summed E-state index contributed by atoms with van der Waals surface area (Å²) in [4.78, 5) is 1.48. The lowest BCUT2D eigenvalue weighted by molar-refractivity contribution is 0.409. The molecule has 1 aromatic heterocycles. The first kappa shape index (κ1) is 13.6. The summed E-state index contributed by atoms with van der Waals surface area (Å²) in [6.07, 6.45) is 3.51. The molecule has 1 heterocycles. The molecule has 3 rings (SSSR count). The van der Waals surface area contributed by atoms with E-state index < -0.39 is 0 Å². The summed E-state index contributed by atoms with van der Waals surface area (Å²) >= 11 is 1.83. The van der Waals surface area contributed by atoms with Gasteiger partial charge in [-0.2, -0.15) is 0 Å². The van der Waals surface area contributed by atoms with Crippen LogP contribution in [-0.2, 0) is 13.0 Å². The van der Waals surface area contributed by atoms with E-state index in [4.69, 9.17) is 4.74 Å². The van der Waals surface area contributed by atoms with Crippen LogP contribution in [0.2, 0.25) is 0 Å². The number of ether oxygens (including phenoxy) is 1. The maximum atomic E-state index is 13.9. The maximum absolute atomic E-state index is 13.9. The summed E-state index contributed by atoms with van der Waals surface area (Å²) in [6, 6.07) is 7.58. The van der Waals surface area contributed by atoms with Crippen LogP contribution in [0.3, 0.4) is 0 Å². The third-order valence-corrected chi connectivity index (χ3v) is 4.85. The van der Waals surface area contributed by atoms with Gasteiger partial charge in [0.15, 0.2) is 0 Å². The minimum absolute atomic E-state index is 0.210. The Morgan fingerprint density at radius 3 is 3.10 bits per heavy atom. The molecule has 1 aliphatic rings. The molecular formula is C16H18FNOS. The van der Waals surface area contributed by atoms with Crippen LogP contribution in [0.1, 0.15) is 34.9 Å². The molecule has 0 fully saturated rings. The molecular weight excluding hydrogens is 273 g/mol. The minimum Gasteiger partial charge on any atom is -0.497 e. The molecule has 1 N–H and O–H groups in total. The first-order chi connectivity index (χ1) is 9.78. The molecule has 0 bridgehead atoms. The van der Waals surface area contributed by atoms with Gasteiger partial charge in [0, 0.05) is 29.1 Å². The van der Waals surface area contributed by atoms with Crippen LogP contribution < -0.4 is 10.1 Å². The highest BCUT2D eigenvalue weighted by molar-refractivity contribution is 7.10. The molecule has 2 nitrogen and oxygen atoms in total. The molecule has 1 unspecified atom stereocenters. The van der Waals surface area contributed by atoms with Crippen molar-refractivity contribution in [3.8, 4) is 5.75 Å². The molecule has 0 saturated heterocycles.